The molecule has 0 aliphatic heterocycles. The number of hydrogen-bond donors (Lipinski definition) is 1. The lowest BCUT2D eigenvalue weighted by molar-refractivity contribution is 0.0891. The molecule has 1 fully saturated rings. The van der Waals surface area contributed by atoms with Crippen LogP contribution in [0.25, 0.3) is 11.2 Å². The van der Waals surface area contributed by atoms with Crippen molar-refractivity contribution >= 4 is 28.8 Å². The van der Waals surface area contributed by atoms with Crippen molar-refractivity contribution in [1.82, 2.24) is 19.9 Å². The molecule has 5 nitrogen and oxygen atoms in total. The Bertz CT molecular complexity index is 1350. The first-order valence-corrected chi connectivity index (χ1v) is 13.5. The fourth-order valence-electron chi connectivity index (χ4n) is 4.95. The van der Waals surface area contributed by atoms with Crippen molar-refractivity contribution in [3.63, 3.8) is 0 Å². The summed E-state index contributed by atoms with van der Waals surface area (Å²) in [6.07, 6.45) is 5.22. The van der Waals surface area contributed by atoms with Crippen molar-refractivity contribution in [1.29, 1.82) is 0 Å². The van der Waals surface area contributed by atoms with Crippen molar-refractivity contribution in [2.45, 2.75) is 56.6 Å². The number of aromatic nitrogens is 3. The van der Waals surface area contributed by atoms with Crippen molar-refractivity contribution in [2.24, 2.45) is 11.8 Å². The standard InChI is InChI=1S/C29H31FN4OS/c1-19-6-3-9-25(20(19)2)32-28(35)23-13-11-21(12-14-23)17-34-27-26(10-5-15-31-27)33-29(34)36-18-22-7-4-8-24(30)16-22/h4-5,7-8,10-16,19-20,25H,3,6,9,17-18H2,1-2H3,(H,32,35). The van der Waals surface area contributed by atoms with Gasteiger partial charge in [-0.1, -0.05) is 62.7 Å². The van der Waals surface area contributed by atoms with E-state index in [1.54, 1.807) is 30.1 Å². The zero-order chi connectivity index (χ0) is 25.1. The summed E-state index contributed by atoms with van der Waals surface area (Å²) in [6.45, 7) is 5.10. The number of thioether (sulfide) groups is 1. The zero-order valence-electron chi connectivity index (χ0n) is 20.7. The van der Waals surface area contributed by atoms with Gasteiger partial charge < -0.3 is 5.32 Å². The summed E-state index contributed by atoms with van der Waals surface area (Å²) in [6, 6.07) is 18.5. The van der Waals surface area contributed by atoms with Crippen LogP contribution in [-0.4, -0.2) is 26.5 Å². The van der Waals surface area contributed by atoms with Crippen LogP contribution >= 0.6 is 11.8 Å². The SMILES string of the molecule is CC1CCCC(NC(=O)c2ccc(Cn3c(SCc4cccc(F)c4)nc4cccnc43)cc2)C1C. The van der Waals surface area contributed by atoms with E-state index in [9.17, 15) is 9.18 Å². The smallest absolute Gasteiger partial charge is 0.251 e. The fraction of sp³-hybridized carbons (Fsp3) is 0.345. The van der Waals surface area contributed by atoms with E-state index in [1.807, 2.05) is 42.5 Å². The third kappa shape index (κ3) is 5.46. The quantitative estimate of drug-likeness (QED) is 0.295. The molecule has 5 rings (SSSR count). The van der Waals surface area contributed by atoms with E-state index in [2.05, 4.69) is 28.7 Å². The maximum atomic E-state index is 13.6. The first kappa shape index (κ1) is 24.5. The predicted molar refractivity (Wildman–Crippen MR) is 142 cm³/mol. The van der Waals surface area contributed by atoms with E-state index >= 15 is 0 Å². The van der Waals surface area contributed by atoms with Crippen LogP contribution in [0, 0.1) is 17.7 Å². The molecule has 0 radical (unpaired) electrons. The van der Waals surface area contributed by atoms with E-state index < -0.39 is 0 Å². The number of fused-ring (bicyclic) bond motifs is 1. The van der Waals surface area contributed by atoms with Gasteiger partial charge in [0.1, 0.15) is 11.3 Å². The molecule has 2 aromatic heterocycles. The van der Waals surface area contributed by atoms with Crippen molar-refractivity contribution < 1.29 is 9.18 Å². The summed E-state index contributed by atoms with van der Waals surface area (Å²) >= 11 is 1.56. The number of rotatable bonds is 7. The molecule has 3 atom stereocenters. The Kier molecular flexibility index (Phi) is 7.37. The van der Waals surface area contributed by atoms with Crippen LogP contribution in [0.5, 0.6) is 0 Å². The number of amides is 1. The number of benzene rings is 2. The number of carbonyl (C=O) groups is 1. The average molecular weight is 503 g/mol. The summed E-state index contributed by atoms with van der Waals surface area (Å²) in [7, 11) is 0. The summed E-state index contributed by atoms with van der Waals surface area (Å²) in [5.74, 6) is 1.50. The van der Waals surface area contributed by atoms with E-state index in [0.29, 0.717) is 29.7 Å². The van der Waals surface area contributed by atoms with Crippen molar-refractivity contribution in [2.75, 3.05) is 0 Å². The molecule has 1 aliphatic rings. The molecule has 1 amide bonds. The predicted octanol–water partition coefficient (Wildman–Crippen LogP) is 6.47. The van der Waals surface area contributed by atoms with Crippen molar-refractivity contribution in [3.8, 4) is 0 Å². The lowest BCUT2D eigenvalue weighted by Crippen LogP contribution is -2.43. The molecular weight excluding hydrogens is 471 g/mol. The Morgan fingerprint density at radius 3 is 2.72 bits per heavy atom. The molecule has 36 heavy (non-hydrogen) atoms. The molecule has 1 aliphatic carbocycles. The summed E-state index contributed by atoms with van der Waals surface area (Å²) in [4.78, 5) is 22.2. The van der Waals surface area contributed by atoms with E-state index in [4.69, 9.17) is 4.98 Å². The Morgan fingerprint density at radius 1 is 1.08 bits per heavy atom. The minimum Gasteiger partial charge on any atom is -0.349 e. The van der Waals surface area contributed by atoms with Crippen LogP contribution in [0.1, 0.15) is 54.6 Å². The highest BCUT2D eigenvalue weighted by Crippen LogP contribution is 2.30. The lowest BCUT2D eigenvalue weighted by Gasteiger charge is -2.34. The minimum absolute atomic E-state index is 0.00594. The molecule has 3 unspecified atom stereocenters. The first-order chi connectivity index (χ1) is 17.5. The normalized spacial score (nSPS) is 19.9. The summed E-state index contributed by atoms with van der Waals surface area (Å²) in [5.41, 5.74) is 4.28. The monoisotopic (exact) mass is 502 g/mol. The fourth-order valence-corrected chi connectivity index (χ4v) is 5.89. The van der Waals surface area contributed by atoms with Crippen LogP contribution in [0.3, 0.4) is 0 Å². The maximum absolute atomic E-state index is 13.6. The molecule has 4 aromatic rings. The number of carbonyl (C=O) groups excluding carboxylic acids is 1. The average Bonchev–Trinajstić information content (AvgIpc) is 3.23. The number of imidazole rings is 1. The first-order valence-electron chi connectivity index (χ1n) is 12.6. The molecule has 2 aromatic carbocycles. The third-order valence-corrected chi connectivity index (χ3v) is 8.35. The Labute approximate surface area is 215 Å². The molecule has 1 saturated carbocycles. The second-order valence-corrected chi connectivity index (χ2v) is 10.7. The molecule has 2 heterocycles. The van der Waals surface area contributed by atoms with Crippen LogP contribution in [0.15, 0.2) is 72.0 Å². The number of halogens is 1. The number of nitrogens with one attached hydrogen (secondary N) is 1. The highest BCUT2D eigenvalue weighted by atomic mass is 32.2. The second-order valence-electron chi connectivity index (χ2n) is 9.79. The van der Waals surface area contributed by atoms with Gasteiger partial charge in [-0.05, 0) is 65.8 Å². The topological polar surface area (TPSA) is 59.8 Å². The van der Waals surface area contributed by atoms with Gasteiger partial charge in [0, 0.05) is 23.6 Å². The highest BCUT2D eigenvalue weighted by molar-refractivity contribution is 7.98. The van der Waals surface area contributed by atoms with Crippen molar-refractivity contribution in [3.05, 3.63) is 89.4 Å². The molecule has 1 N–H and O–H groups in total. The van der Waals surface area contributed by atoms with Crippen LogP contribution in [0.2, 0.25) is 0 Å². The van der Waals surface area contributed by atoms with Gasteiger partial charge in [-0.3, -0.25) is 9.36 Å². The Hall–Kier alpha value is -3.19. The maximum Gasteiger partial charge on any atom is 0.251 e. The molecule has 0 saturated heterocycles. The van der Waals surface area contributed by atoms with E-state index in [0.717, 1.165) is 33.9 Å². The number of nitrogens with zero attached hydrogens (tertiary/aromatic N) is 3. The molecule has 7 heteroatoms. The molecule has 0 spiro atoms. The van der Waals surface area contributed by atoms with Gasteiger partial charge in [0.2, 0.25) is 0 Å². The van der Waals surface area contributed by atoms with Crippen LogP contribution < -0.4 is 5.32 Å². The minimum atomic E-state index is -0.236. The van der Waals surface area contributed by atoms with Gasteiger partial charge in [-0.15, -0.1) is 0 Å². The zero-order valence-corrected chi connectivity index (χ0v) is 21.5. The van der Waals surface area contributed by atoms with Gasteiger partial charge in [0.15, 0.2) is 10.8 Å². The van der Waals surface area contributed by atoms with Gasteiger partial charge in [-0.25, -0.2) is 14.4 Å². The van der Waals surface area contributed by atoms with Crippen LogP contribution in [-0.2, 0) is 12.3 Å². The molecular formula is C29H31FN4OS. The van der Waals surface area contributed by atoms with Gasteiger partial charge >= 0.3 is 0 Å². The summed E-state index contributed by atoms with van der Waals surface area (Å²) < 4.78 is 15.7. The van der Waals surface area contributed by atoms with Gasteiger partial charge in [0.05, 0.1) is 6.54 Å². The van der Waals surface area contributed by atoms with Crippen LogP contribution in [0.4, 0.5) is 4.39 Å². The largest absolute Gasteiger partial charge is 0.349 e. The third-order valence-electron chi connectivity index (χ3n) is 7.31. The Morgan fingerprint density at radius 2 is 1.92 bits per heavy atom. The number of pyridine rings is 1. The summed E-state index contributed by atoms with van der Waals surface area (Å²) in [5, 5.41) is 4.08. The second kappa shape index (κ2) is 10.8. The molecule has 0 bridgehead atoms. The highest BCUT2D eigenvalue weighted by Gasteiger charge is 2.28. The Balaban J connectivity index is 1.31. The number of hydrogen-bond acceptors (Lipinski definition) is 4. The van der Waals surface area contributed by atoms with Gasteiger partial charge in [0.25, 0.3) is 5.91 Å². The van der Waals surface area contributed by atoms with E-state index in [1.165, 1.54) is 18.9 Å². The van der Waals surface area contributed by atoms with E-state index in [-0.39, 0.29) is 17.8 Å². The van der Waals surface area contributed by atoms with Gasteiger partial charge in [-0.2, -0.15) is 0 Å². The molecule has 186 valence electrons. The lowest BCUT2D eigenvalue weighted by atomic mass is 9.78.